The van der Waals surface area contributed by atoms with Crippen LogP contribution in [0, 0.1) is 0 Å². The lowest BCUT2D eigenvalue weighted by Gasteiger charge is -2.14. The normalized spacial score (nSPS) is 35.7. The van der Waals surface area contributed by atoms with Crippen LogP contribution in [0.1, 0.15) is 10.8 Å². The average Bonchev–Trinajstić information content (AvgIpc) is 2.57. The van der Waals surface area contributed by atoms with Gasteiger partial charge >= 0.3 is 0 Å². The Labute approximate surface area is 91.2 Å². The fourth-order valence-corrected chi connectivity index (χ4v) is 3.02. The molecule has 0 spiro atoms. The largest absolute Gasteiger partial charge is 0.395 e. The van der Waals surface area contributed by atoms with Crippen molar-refractivity contribution < 1.29 is 15.3 Å². The summed E-state index contributed by atoms with van der Waals surface area (Å²) in [6.07, 6.45) is 2.86. The number of hydrogen-bond acceptors (Lipinski definition) is 6. The zero-order chi connectivity index (χ0) is 10.8. The lowest BCUT2D eigenvalue weighted by atomic mass is 10.0. The van der Waals surface area contributed by atoms with Crippen LogP contribution >= 0.6 is 11.8 Å². The van der Waals surface area contributed by atoms with Crippen LogP contribution in [0.25, 0.3) is 0 Å². The molecule has 0 saturated carbocycles. The second kappa shape index (κ2) is 4.44. The Morgan fingerprint density at radius 1 is 1.20 bits per heavy atom. The highest BCUT2D eigenvalue weighted by atomic mass is 32.2. The van der Waals surface area contributed by atoms with Crippen molar-refractivity contribution in [3.05, 3.63) is 24.3 Å². The SMILES string of the molecule is OC[C@H]1SC(c2cncnc2)[C@H](O)[C@@H]1O. The number of aliphatic hydroxyl groups excluding tert-OH is 3. The molecular formula is C9H12N2O3S. The van der Waals surface area contributed by atoms with E-state index in [-0.39, 0.29) is 17.1 Å². The first-order valence-corrected chi connectivity index (χ1v) is 5.55. The van der Waals surface area contributed by atoms with E-state index in [0.717, 1.165) is 5.56 Å². The third-order valence-corrected chi connectivity index (χ3v) is 4.07. The van der Waals surface area contributed by atoms with E-state index in [9.17, 15) is 10.2 Å². The highest BCUT2D eigenvalue weighted by Gasteiger charge is 2.42. The van der Waals surface area contributed by atoms with Gasteiger partial charge in [-0.05, 0) is 0 Å². The molecule has 0 bridgehead atoms. The molecule has 1 fully saturated rings. The van der Waals surface area contributed by atoms with Crippen LogP contribution in [0.5, 0.6) is 0 Å². The molecule has 1 unspecified atom stereocenters. The molecule has 3 N–H and O–H groups in total. The summed E-state index contributed by atoms with van der Waals surface area (Å²) in [7, 11) is 0. The minimum Gasteiger partial charge on any atom is -0.395 e. The predicted molar refractivity (Wildman–Crippen MR) is 55.3 cm³/mol. The van der Waals surface area contributed by atoms with Gasteiger partial charge in [-0.25, -0.2) is 9.97 Å². The van der Waals surface area contributed by atoms with Crippen molar-refractivity contribution in [2.75, 3.05) is 6.61 Å². The molecule has 0 amide bonds. The number of aromatic nitrogens is 2. The molecule has 1 saturated heterocycles. The number of nitrogens with zero attached hydrogens (tertiary/aromatic N) is 2. The van der Waals surface area contributed by atoms with Gasteiger partial charge in [-0.15, -0.1) is 11.8 Å². The smallest absolute Gasteiger partial charge is 0.115 e. The van der Waals surface area contributed by atoms with Crippen LogP contribution < -0.4 is 0 Å². The van der Waals surface area contributed by atoms with Crippen molar-refractivity contribution in [2.24, 2.45) is 0 Å². The molecule has 1 aliphatic rings. The highest BCUT2D eigenvalue weighted by molar-refractivity contribution is 8.00. The van der Waals surface area contributed by atoms with Crippen molar-refractivity contribution in [1.82, 2.24) is 9.97 Å². The molecule has 0 radical (unpaired) electrons. The Morgan fingerprint density at radius 3 is 2.40 bits per heavy atom. The van der Waals surface area contributed by atoms with Crippen LogP contribution in [0.4, 0.5) is 0 Å². The predicted octanol–water partition coefficient (Wildman–Crippen LogP) is -0.653. The molecule has 5 nitrogen and oxygen atoms in total. The summed E-state index contributed by atoms with van der Waals surface area (Å²) in [6.45, 7) is -0.146. The van der Waals surface area contributed by atoms with Gasteiger partial charge in [0, 0.05) is 18.0 Å². The summed E-state index contributed by atoms with van der Waals surface area (Å²) < 4.78 is 0. The van der Waals surface area contributed by atoms with Crippen LogP contribution in [-0.2, 0) is 0 Å². The third-order valence-electron chi connectivity index (χ3n) is 2.45. The van der Waals surface area contributed by atoms with Gasteiger partial charge in [0.05, 0.1) is 29.3 Å². The van der Waals surface area contributed by atoms with Crippen LogP contribution in [0.2, 0.25) is 0 Å². The lowest BCUT2D eigenvalue weighted by molar-refractivity contribution is 0.0198. The second-order valence-electron chi connectivity index (χ2n) is 3.43. The van der Waals surface area contributed by atoms with Crippen LogP contribution in [-0.4, -0.2) is 49.4 Å². The van der Waals surface area contributed by atoms with Gasteiger partial charge in [0.1, 0.15) is 6.33 Å². The second-order valence-corrected chi connectivity index (χ2v) is 4.82. The number of aliphatic hydroxyl groups is 3. The number of thioether (sulfide) groups is 1. The molecule has 0 aromatic carbocycles. The molecule has 1 aromatic heterocycles. The minimum absolute atomic E-state index is 0.146. The van der Waals surface area contributed by atoms with Gasteiger partial charge in [-0.3, -0.25) is 0 Å². The van der Waals surface area contributed by atoms with Gasteiger partial charge in [0.25, 0.3) is 0 Å². The van der Waals surface area contributed by atoms with E-state index < -0.39 is 12.2 Å². The van der Waals surface area contributed by atoms with E-state index in [2.05, 4.69) is 9.97 Å². The van der Waals surface area contributed by atoms with E-state index in [4.69, 9.17) is 5.11 Å². The standard InChI is InChI=1S/C9H12N2O3S/c12-3-6-7(13)8(14)9(15-6)5-1-10-4-11-2-5/h1-2,4,6-9,12-14H,3H2/t6-,7-,8-,9?/m1/s1. The first-order valence-electron chi connectivity index (χ1n) is 4.61. The van der Waals surface area contributed by atoms with Crippen molar-refractivity contribution in [3.63, 3.8) is 0 Å². The first-order chi connectivity index (χ1) is 7.24. The fraction of sp³-hybridized carbons (Fsp3) is 0.556. The van der Waals surface area contributed by atoms with Gasteiger partial charge in [-0.2, -0.15) is 0 Å². The maximum atomic E-state index is 9.77. The van der Waals surface area contributed by atoms with E-state index in [1.165, 1.54) is 18.1 Å². The molecule has 4 atom stereocenters. The summed E-state index contributed by atoms with van der Waals surface area (Å²) in [5, 5.41) is 27.8. The summed E-state index contributed by atoms with van der Waals surface area (Å²) in [5.41, 5.74) is 0.769. The molecule has 2 heterocycles. The van der Waals surface area contributed by atoms with E-state index in [1.54, 1.807) is 12.4 Å². The average molecular weight is 228 g/mol. The van der Waals surface area contributed by atoms with Gasteiger partial charge in [0.15, 0.2) is 0 Å². The molecule has 2 rings (SSSR count). The summed E-state index contributed by atoms with van der Waals surface area (Å²) >= 11 is 1.35. The molecule has 1 aromatic rings. The molecule has 15 heavy (non-hydrogen) atoms. The van der Waals surface area contributed by atoms with Crippen molar-refractivity contribution >= 4 is 11.8 Å². The molecule has 0 aliphatic carbocycles. The minimum atomic E-state index is -0.898. The molecule has 82 valence electrons. The fourth-order valence-electron chi connectivity index (χ4n) is 1.63. The summed E-state index contributed by atoms with van der Waals surface area (Å²) in [4.78, 5) is 7.72. The Bertz CT molecular complexity index is 324. The van der Waals surface area contributed by atoms with E-state index in [0.29, 0.717) is 0 Å². The van der Waals surface area contributed by atoms with Gasteiger partial charge in [0.2, 0.25) is 0 Å². The Kier molecular flexibility index (Phi) is 3.20. The molecule has 6 heteroatoms. The van der Waals surface area contributed by atoms with Gasteiger partial charge in [-0.1, -0.05) is 0 Å². The van der Waals surface area contributed by atoms with Crippen LogP contribution in [0.3, 0.4) is 0 Å². The highest BCUT2D eigenvalue weighted by Crippen LogP contribution is 2.44. The molecule has 1 aliphatic heterocycles. The van der Waals surface area contributed by atoms with E-state index >= 15 is 0 Å². The topological polar surface area (TPSA) is 86.5 Å². The van der Waals surface area contributed by atoms with Gasteiger partial charge < -0.3 is 15.3 Å². The monoisotopic (exact) mass is 228 g/mol. The summed E-state index contributed by atoms with van der Waals surface area (Å²) in [6, 6.07) is 0. The maximum absolute atomic E-state index is 9.77. The zero-order valence-electron chi connectivity index (χ0n) is 7.89. The quantitative estimate of drug-likeness (QED) is 0.623. The maximum Gasteiger partial charge on any atom is 0.115 e. The third kappa shape index (κ3) is 1.98. The van der Waals surface area contributed by atoms with E-state index in [1.807, 2.05) is 0 Å². The Balaban J connectivity index is 2.19. The first kappa shape index (κ1) is 10.8. The lowest BCUT2D eigenvalue weighted by Crippen LogP contribution is -2.31. The summed E-state index contributed by atoms with van der Waals surface area (Å²) in [5.74, 6) is 0. The Hall–Kier alpha value is -0.690. The Morgan fingerprint density at radius 2 is 1.87 bits per heavy atom. The van der Waals surface area contributed by atoms with Crippen LogP contribution in [0.15, 0.2) is 18.7 Å². The molecular weight excluding hydrogens is 216 g/mol. The zero-order valence-corrected chi connectivity index (χ0v) is 8.71. The van der Waals surface area contributed by atoms with Crippen molar-refractivity contribution in [1.29, 1.82) is 0 Å². The number of rotatable bonds is 2. The number of hydrogen-bond donors (Lipinski definition) is 3. The van der Waals surface area contributed by atoms with Crippen molar-refractivity contribution in [3.8, 4) is 0 Å². The van der Waals surface area contributed by atoms with Crippen molar-refractivity contribution in [2.45, 2.75) is 22.7 Å².